The summed E-state index contributed by atoms with van der Waals surface area (Å²) >= 11 is 0. The van der Waals surface area contributed by atoms with Gasteiger partial charge in [0.15, 0.2) is 0 Å². The maximum atomic E-state index is 13.2. The highest BCUT2D eigenvalue weighted by atomic mass is 19.1. The van der Waals surface area contributed by atoms with Crippen LogP contribution in [0.2, 0.25) is 0 Å². The predicted octanol–water partition coefficient (Wildman–Crippen LogP) is -0.135. The van der Waals surface area contributed by atoms with Gasteiger partial charge in [-0.3, -0.25) is 14.5 Å². The van der Waals surface area contributed by atoms with Crippen LogP contribution in [0.15, 0.2) is 18.2 Å². The molecule has 1 rings (SSSR count). The van der Waals surface area contributed by atoms with E-state index in [1.807, 2.05) is 0 Å². The fraction of sp³-hybridized carbons (Fsp3) is 0.333. The molecule has 5 N–H and O–H groups in total. The summed E-state index contributed by atoms with van der Waals surface area (Å²) in [6.45, 7) is 1.17. The second kappa shape index (κ2) is 6.14. The fourth-order valence-corrected chi connectivity index (χ4v) is 1.79. The standard InChI is InChI=1S/C12H16FN3O3/c1-7(9-4-8(13)2-3-10(9)17)16(5-11(14)18)6-12(15)19/h2-4,7,17H,5-6H2,1H3,(H2,14,18)(H2,15,19). The van der Waals surface area contributed by atoms with Gasteiger partial charge in [0.05, 0.1) is 13.1 Å². The minimum Gasteiger partial charge on any atom is -0.508 e. The molecule has 0 saturated heterocycles. The number of phenols is 1. The Morgan fingerprint density at radius 3 is 2.32 bits per heavy atom. The number of nitrogens with two attached hydrogens (primary N) is 2. The lowest BCUT2D eigenvalue weighted by Gasteiger charge is -2.27. The molecule has 19 heavy (non-hydrogen) atoms. The van der Waals surface area contributed by atoms with Crippen molar-refractivity contribution in [3.05, 3.63) is 29.6 Å². The maximum Gasteiger partial charge on any atom is 0.231 e. The van der Waals surface area contributed by atoms with Crippen LogP contribution in [0.1, 0.15) is 18.5 Å². The monoisotopic (exact) mass is 269 g/mol. The van der Waals surface area contributed by atoms with Crippen molar-refractivity contribution in [2.45, 2.75) is 13.0 Å². The Kier molecular flexibility index (Phi) is 4.82. The van der Waals surface area contributed by atoms with Crippen LogP contribution in [-0.2, 0) is 9.59 Å². The molecule has 2 amide bonds. The highest BCUT2D eigenvalue weighted by Crippen LogP contribution is 2.28. The average Bonchev–Trinajstić information content (AvgIpc) is 2.29. The molecule has 6 nitrogen and oxygen atoms in total. The number of carbonyl (C=O) groups is 2. The Hall–Kier alpha value is -2.15. The molecule has 0 heterocycles. The van der Waals surface area contributed by atoms with Gasteiger partial charge in [-0.15, -0.1) is 0 Å². The van der Waals surface area contributed by atoms with Gasteiger partial charge >= 0.3 is 0 Å². The van der Waals surface area contributed by atoms with Gasteiger partial charge in [0.1, 0.15) is 11.6 Å². The molecule has 1 atom stereocenters. The highest BCUT2D eigenvalue weighted by molar-refractivity contribution is 5.79. The summed E-state index contributed by atoms with van der Waals surface area (Å²) in [5.74, 6) is -1.96. The van der Waals surface area contributed by atoms with E-state index in [9.17, 15) is 19.1 Å². The summed E-state index contributed by atoms with van der Waals surface area (Å²) in [4.78, 5) is 23.3. The van der Waals surface area contributed by atoms with Gasteiger partial charge in [-0.25, -0.2) is 4.39 Å². The van der Waals surface area contributed by atoms with Gasteiger partial charge in [0, 0.05) is 11.6 Å². The van der Waals surface area contributed by atoms with E-state index in [0.717, 1.165) is 12.1 Å². The fourth-order valence-electron chi connectivity index (χ4n) is 1.79. The molecule has 0 radical (unpaired) electrons. The lowest BCUT2D eigenvalue weighted by atomic mass is 10.1. The van der Waals surface area contributed by atoms with E-state index in [1.54, 1.807) is 6.92 Å². The number of carbonyl (C=O) groups excluding carboxylic acids is 2. The highest BCUT2D eigenvalue weighted by Gasteiger charge is 2.22. The molecule has 1 aromatic rings. The van der Waals surface area contributed by atoms with Crippen molar-refractivity contribution in [3.63, 3.8) is 0 Å². The van der Waals surface area contributed by atoms with Crippen molar-refractivity contribution < 1.29 is 19.1 Å². The van der Waals surface area contributed by atoms with Crippen LogP contribution < -0.4 is 11.5 Å². The third kappa shape index (κ3) is 4.22. The molecule has 0 fully saturated rings. The third-order valence-electron chi connectivity index (χ3n) is 2.71. The van der Waals surface area contributed by atoms with Crippen molar-refractivity contribution in [2.75, 3.05) is 13.1 Å². The van der Waals surface area contributed by atoms with Crippen LogP contribution >= 0.6 is 0 Å². The average molecular weight is 269 g/mol. The van der Waals surface area contributed by atoms with Crippen LogP contribution in [-0.4, -0.2) is 34.9 Å². The molecule has 0 saturated carbocycles. The van der Waals surface area contributed by atoms with Gasteiger partial charge in [0.2, 0.25) is 11.8 Å². The first-order valence-corrected chi connectivity index (χ1v) is 5.60. The molecule has 104 valence electrons. The first-order chi connectivity index (χ1) is 8.81. The zero-order valence-corrected chi connectivity index (χ0v) is 10.5. The van der Waals surface area contributed by atoms with Crippen LogP contribution in [0.3, 0.4) is 0 Å². The predicted molar refractivity (Wildman–Crippen MR) is 66.4 cm³/mol. The quantitative estimate of drug-likeness (QED) is 0.668. The first-order valence-electron chi connectivity index (χ1n) is 5.60. The maximum absolute atomic E-state index is 13.2. The molecular weight excluding hydrogens is 253 g/mol. The number of rotatable bonds is 6. The van der Waals surface area contributed by atoms with Crippen LogP contribution in [0.25, 0.3) is 0 Å². The van der Waals surface area contributed by atoms with Crippen LogP contribution in [0, 0.1) is 5.82 Å². The van der Waals surface area contributed by atoms with Gasteiger partial charge in [-0.1, -0.05) is 0 Å². The topological polar surface area (TPSA) is 110 Å². The van der Waals surface area contributed by atoms with Crippen molar-refractivity contribution in [2.24, 2.45) is 11.5 Å². The van der Waals surface area contributed by atoms with Crippen molar-refractivity contribution >= 4 is 11.8 Å². The summed E-state index contributed by atoms with van der Waals surface area (Å²) in [6.07, 6.45) is 0. The van der Waals surface area contributed by atoms with E-state index in [4.69, 9.17) is 11.5 Å². The van der Waals surface area contributed by atoms with E-state index < -0.39 is 23.7 Å². The second-order valence-corrected chi connectivity index (χ2v) is 4.22. The Morgan fingerprint density at radius 2 is 1.84 bits per heavy atom. The summed E-state index contributed by atoms with van der Waals surface area (Å²) in [5.41, 5.74) is 10.4. The Balaban J connectivity index is 3.03. The van der Waals surface area contributed by atoms with Crippen molar-refractivity contribution in [1.29, 1.82) is 0 Å². The zero-order valence-electron chi connectivity index (χ0n) is 10.5. The molecule has 0 aliphatic rings. The number of halogens is 1. The second-order valence-electron chi connectivity index (χ2n) is 4.22. The lowest BCUT2D eigenvalue weighted by Crippen LogP contribution is -2.41. The molecular formula is C12H16FN3O3. The smallest absolute Gasteiger partial charge is 0.231 e. The first kappa shape index (κ1) is 14.9. The SMILES string of the molecule is CC(c1cc(F)ccc1O)N(CC(N)=O)CC(N)=O. The number of benzene rings is 1. The Labute approximate surface area is 109 Å². The number of primary amides is 2. The Morgan fingerprint density at radius 1 is 1.32 bits per heavy atom. The molecule has 0 aliphatic heterocycles. The number of amides is 2. The van der Waals surface area contributed by atoms with E-state index >= 15 is 0 Å². The van der Waals surface area contributed by atoms with Gasteiger partial charge < -0.3 is 16.6 Å². The summed E-state index contributed by atoms with van der Waals surface area (Å²) in [7, 11) is 0. The number of aromatic hydroxyl groups is 1. The van der Waals surface area contributed by atoms with E-state index in [-0.39, 0.29) is 24.4 Å². The number of phenolic OH excluding ortho intramolecular Hbond substituents is 1. The Bertz CT molecular complexity index is 477. The number of hydrogen-bond donors (Lipinski definition) is 3. The van der Waals surface area contributed by atoms with Gasteiger partial charge in [-0.2, -0.15) is 0 Å². The zero-order chi connectivity index (χ0) is 14.6. The third-order valence-corrected chi connectivity index (χ3v) is 2.71. The van der Waals surface area contributed by atoms with Crippen molar-refractivity contribution in [3.8, 4) is 5.75 Å². The van der Waals surface area contributed by atoms with E-state index in [0.29, 0.717) is 0 Å². The van der Waals surface area contributed by atoms with Crippen LogP contribution in [0.4, 0.5) is 4.39 Å². The minimum atomic E-state index is -0.649. The molecule has 7 heteroatoms. The summed E-state index contributed by atoms with van der Waals surface area (Å²) in [5, 5.41) is 9.70. The molecule has 0 aliphatic carbocycles. The molecule has 0 aromatic heterocycles. The molecule has 0 bridgehead atoms. The van der Waals surface area contributed by atoms with Gasteiger partial charge in [-0.05, 0) is 25.1 Å². The molecule has 1 aromatic carbocycles. The number of hydrogen-bond acceptors (Lipinski definition) is 4. The van der Waals surface area contributed by atoms with Crippen molar-refractivity contribution in [1.82, 2.24) is 4.90 Å². The van der Waals surface area contributed by atoms with Crippen LogP contribution in [0.5, 0.6) is 5.75 Å². The van der Waals surface area contributed by atoms with E-state index in [1.165, 1.54) is 11.0 Å². The minimum absolute atomic E-state index is 0.132. The summed E-state index contributed by atoms with van der Waals surface area (Å²) in [6, 6.07) is 2.86. The van der Waals surface area contributed by atoms with Gasteiger partial charge in [0.25, 0.3) is 0 Å². The van der Waals surface area contributed by atoms with E-state index in [2.05, 4.69) is 0 Å². The normalized spacial score (nSPS) is 12.4. The largest absolute Gasteiger partial charge is 0.508 e. The number of nitrogens with zero attached hydrogens (tertiary/aromatic N) is 1. The summed E-state index contributed by atoms with van der Waals surface area (Å²) < 4.78 is 13.2. The lowest BCUT2D eigenvalue weighted by molar-refractivity contribution is -0.122. The molecule has 1 unspecified atom stereocenters. The molecule has 0 spiro atoms.